The highest BCUT2D eigenvalue weighted by Crippen LogP contribution is 2.42. The number of benzene rings is 4. The average Bonchev–Trinajstić information content (AvgIpc) is 3.46. The van der Waals surface area contributed by atoms with Crippen LogP contribution >= 0.6 is 11.6 Å². The van der Waals surface area contributed by atoms with E-state index in [1.54, 1.807) is 6.07 Å². The molecule has 0 bridgehead atoms. The van der Waals surface area contributed by atoms with Gasteiger partial charge in [0.25, 0.3) is 0 Å². The third kappa shape index (κ3) is 6.15. The Morgan fingerprint density at radius 3 is 2.21 bits per heavy atom. The van der Waals surface area contributed by atoms with E-state index < -0.39 is 17.5 Å². The number of nitrogens with one attached hydrogen (secondary N) is 1. The maximum absolute atomic E-state index is 13.5. The largest absolute Gasteiger partial charge is 0.478 e. The van der Waals surface area contributed by atoms with Crippen LogP contribution in [0.25, 0.3) is 11.1 Å². The molecular weight excluding hydrogens is 510 g/mol. The van der Waals surface area contributed by atoms with E-state index in [9.17, 15) is 14.7 Å². The van der Waals surface area contributed by atoms with Gasteiger partial charge in [0.15, 0.2) is 6.10 Å². The van der Waals surface area contributed by atoms with Crippen molar-refractivity contribution in [3.63, 3.8) is 0 Å². The first kappa shape index (κ1) is 26.5. The predicted octanol–water partition coefficient (Wildman–Crippen LogP) is 7.53. The highest BCUT2D eigenvalue weighted by Gasteiger charge is 2.42. The molecule has 2 N–H and O–H groups in total. The molecule has 0 radical (unpaired) electrons. The van der Waals surface area contributed by atoms with Crippen LogP contribution < -0.4 is 10.1 Å². The molecule has 1 fully saturated rings. The summed E-state index contributed by atoms with van der Waals surface area (Å²) in [4.78, 5) is 25.3. The van der Waals surface area contributed by atoms with E-state index in [1.165, 1.54) is 0 Å². The topological polar surface area (TPSA) is 75.6 Å². The summed E-state index contributed by atoms with van der Waals surface area (Å²) in [7, 11) is 0. The van der Waals surface area contributed by atoms with E-state index in [4.69, 9.17) is 16.3 Å². The van der Waals surface area contributed by atoms with Crippen LogP contribution in [-0.4, -0.2) is 23.1 Å². The quantitative estimate of drug-likeness (QED) is 0.230. The monoisotopic (exact) mass is 539 g/mol. The van der Waals surface area contributed by atoms with Crippen LogP contribution in [0.3, 0.4) is 0 Å². The lowest BCUT2D eigenvalue weighted by atomic mass is 9.78. The molecule has 1 amide bonds. The third-order valence-electron chi connectivity index (χ3n) is 7.42. The molecule has 39 heavy (non-hydrogen) atoms. The van der Waals surface area contributed by atoms with E-state index in [2.05, 4.69) is 5.32 Å². The van der Waals surface area contributed by atoms with Crippen LogP contribution in [0.1, 0.15) is 36.8 Å². The molecule has 1 atom stereocenters. The van der Waals surface area contributed by atoms with Crippen molar-refractivity contribution in [3.8, 4) is 16.9 Å². The van der Waals surface area contributed by atoms with Gasteiger partial charge in [0.1, 0.15) is 5.75 Å². The van der Waals surface area contributed by atoms with Crippen molar-refractivity contribution >= 4 is 29.2 Å². The van der Waals surface area contributed by atoms with Crippen LogP contribution in [-0.2, 0) is 21.4 Å². The lowest BCUT2D eigenvalue weighted by Crippen LogP contribution is -2.37. The van der Waals surface area contributed by atoms with Gasteiger partial charge in [-0.05, 0) is 71.5 Å². The number of anilines is 1. The first-order valence-corrected chi connectivity index (χ1v) is 13.5. The Morgan fingerprint density at radius 1 is 0.846 bits per heavy atom. The summed E-state index contributed by atoms with van der Waals surface area (Å²) in [5, 5.41) is 13.5. The first-order valence-electron chi connectivity index (χ1n) is 13.1. The van der Waals surface area contributed by atoms with Crippen molar-refractivity contribution in [2.24, 2.45) is 0 Å². The van der Waals surface area contributed by atoms with Crippen molar-refractivity contribution < 1.29 is 19.4 Å². The summed E-state index contributed by atoms with van der Waals surface area (Å²) in [6.45, 7) is 0. The number of carboxylic acid groups (broad SMARTS) is 1. The van der Waals surface area contributed by atoms with Crippen molar-refractivity contribution in [3.05, 3.63) is 119 Å². The van der Waals surface area contributed by atoms with E-state index >= 15 is 0 Å². The number of aliphatic carboxylic acids is 1. The summed E-state index contributed by atoms with van der Waals surface area (Å²) >= 11 is 6.08. The number of amides is 1. The number of carboxylic acids is 1. The van der Waals surface area contributed by atoms with Gasteiger partial charge in [0.2, 0.25) is 5.91 Å². The molecule has 4 aromatic carbocycles. The molecule has 198 valence electrons. The average molecular weight is 540 g/mol. The lowest BCUT2D eigenvalue weighted by Gasteiger charge is -2.28. The fraction of sp³-hybridized carbons (Fsp3) is 0.212. The Morgan fingerprint density at radius 2 is 1.54 bits per heavy atom. The predicted molar refractivity (Wildman–Crippen MR) is 154 cm³/mol. The zero-order chi connectivity index (χ0) is 27.2. The Bertz CT molecular complexity index is 1430. The van der Waals surface area contributed by atoms with Crippen molar-refractivity contribution in [1.82, 2.24) is 0 Å². The molecule has 0 heterocycles. The minimum atomic E-state index is -1.01. The number of carbonyl (C=O) groups is 2. The second-order valence-corrected chi connectivity index (χ2v) is 10.4. The molecule has 4 aromatic rings. The fourth-order valence-corrected chi connectivity index (χ4v) is 5.44. The number of hydrogen-bond donors (Lipinski definition) is 2. The third-order valence-corrected chi connectivity index (χ3v) is 7.67. The molecule has 1 aliphatic rings. The summed E-state index contributed by atoms with van der Waals surface area (Å²) in [5.74, 6) is -0.522. The number of hydrogen-bond acceptors (Lipinski definition) is 3. The van der Waals surface area contributed by atoms with Crippen LogP contribution in [0.2, 0.25) is 5.02 Å². The summed E-state index contributed by atoms with van der Waals surface area (Å²) in [5.41, 5.74) is 3.90. The van der Waals surface area contributed by atoms with Crippen molar-refractivity contribution in [2.75, 3.05) is 5.32 Å². The van der Waals surface area contributed by atoms with Crippen molar-refractivity contribution in [2.45, 2.75) is 43.6 Å². The van der Waals surface area contributed by atoms with Gasteiger partial charge in [-0.3, -0.25) is 4.79 Å². The molecule has 5 rings (SSSR count). The number of rotatable bonds is 9. The molecule has 6 heteroatoms. The van der Waals surface area contributed by atoms with Gasteiger partial charge in [0.05, 0.1) is 5.41 Å². The zero-order valence-corrected chi connectivity index (χ0v) is 22.2. The Kier molecular flexibility index (Phi) is 7.99. The van der Waals surface area contributed by atoms with E-state index in [0.717, 1.165) is 53.6 Å². The Hall–Kier alpha value is -4.09. The maximum atomic E-state index is 13.5. The van der Waals surface area contributed by atoms with Gasteiger partial charge in [-0.1, -0.05) is 91.2 Å². The maximum Gasteiger partial charge on any atom is 0.345 e. The molecule has 1 unspecified atom stereocenters. The summed E-state index contributed by atoms with van der Waals surface area (Å²) < 4.78 is 5.87. The highest BCUT2D eigenvalue weighted by molar-refractivity contribution is 6.30. The minimum absolute atomic E-state index is 0.00333. The fourth-order valence-electron chi connectivity index (χ4n) is 5.31. The van der Waals surface area contributed by atoms with Crippen LogP contribution in [0, 0.1) is 0 Å². The molecule has 1 aliphatic carbocycles. The molecular formula is C33H30ClNO4. The molecule has 5 nitrogen and oxygen atoms in total. The standard InChI is InChI=1S/C33H30ClNO4/c34-27-15-13-26(14-16-27)33(19-4-5-20-33)32(38)35-28-17-11-24(12-18-28)25-9-6-10-29(22-25)39-30(31(36)37)21-23-7-2-1-3-8-23/h1-3,6-18,22,30H,4-5,19-21H2,(H,35,38)(H,36,37). The number of carbonyl (C=O) groups excluding carboxylic acids is 1. The zero-order valence-electron chi connectivity index (χ0n) is 21.5. The summed E-state index contributed by atoms with van der Waals surface area (Å²) in [6, 6.07) is 32.1. The summed E-state index contributed by atoms with van der Waals surface area (Å²) in [6.07, 6.45) is 2.93. The van der Waals surface area contributed by atoms with Crippen LogP contribution in [0.15, 0.2) is 103 Å². The molecule has 0 spiro atoms. The van der Waals surface area contributed by atoms with Gasteiger partial charge in [0, 0.05) is 17.1 Å². The normalized spacial score (nSPS) is 14.9. The van der Waals surface area contributed by atoms with Gasteiger partial charge in [-0.2, -0.15) is 0 Å². The van der Waals surface area contributed by atoms with Crippen LogP contribution in [0.5, 0.6) is 5.75 Å². The lowest BCUT2D eigenvalue weighted by molar-refractivity contribution is -0.145. The van der Waals surface area contributed by atoms with Gasteiger partial charge >= 0.3 is 5.97 Å². The highest BCUT2D eigenvalue weighted by atomic mass is 35.5. The van der Waals surface area contributed by atoms with Gasteiger partial charge in [-0.15, -0.1) is 0 Å². The van der Waals surface area contributed by atoms with Crippen LogP contribution in [0.4, 0.5) is 5.69 Å². The molecule has 0 aliphatic heterocycles. The number of halogens is 1. The van der Waals surface area contributed by atoms with Crippen molar-refractivity contribution in [1.29, 1.82) is 0 Å². The molecule has 0 aromatic heterocycles. The SMILES string of the molecule is O=C(O)C(Cc1ccccc1)Oc1cccc(-c2ccc(NC(=O)C3(c4ccc(Cl)cc4)CCCC3)cc2)c1. The smallest absolute Gasteiger partial charge is 0.345 e. The molecule has 0 saturated heterocycles. The minimum Gasteiger partial charge on any atom is -0.478 e. The van der Waals surface area contributed by atoms with Gasteiger partial charge < -0.3 is 15.2 Å². The number of ether oxygens (including phenoxy) is 1. The Labute approximate surface area is 233 Å². The van der Waals surface area contributed by atoms with E-state index in [0.29, 0.717) is 10.8 Å². The Balaban J connectivity index is 1.29. The first-order chi connectivity index (χ1) is 18.9. The molecule has 1 saturated carbocycles. The van der Waals surface area contributed by atoms with E-state index in [-0.39, 0.29) is 12.3 Å². The van der Waals surface area contributed by atoms with E-state index in [1.807, 2.05) is 97.1 Å². The second kappa shape index (κ2) is 11.7. The second-order valence-electron chi connectivity index (χ2n) is 9.99. The van der Waals surface area contributed by atoms with Gasteiger partial charge in [-0.25, -0.2) is 4.79 Å².